The fourth-order valence-corrected chi connectivity index (χ4v) is 2.13. The average molecular weight is 293 g/mol. The predicted molar refractivity (Wildman–Crippen MR) is 78.2 cm³/mol. The van der Waals surface area contributed by atoms with Crippen molar-refractivity contribution in [1.29, 1.82) is 0 Å². The summed E-state index contributed by atoms with van der Waals surface area (Å²) < 4.78 is 0. The maximum Gasteiger partial charge on any atom is 0.0679 e. The summed E-state index contributed by atoms with van der Waals surface area (Å²) in [4.78, 5) is 0. The lowest BCUT2D eigenvalue weighted by Gasteiger charge is -2.12. The molecule has 0 saturated heterocycles. The highest BCUT2D eigenvalue weighted by Gasteiger charge is 2.10. The summed E-state index contributed by atoms with van der Waals surface area (Å²) in [6.45, 7) is 5.07. The van der Waals surface area contributed by atoms with Gasteiger partial charge in [0.1, 0.15) is 0 Å². The Kier molecular flexibility index (Phi) is 5.81. The average Bonchev–Trinajstić information content (AvgIpc) is 2.28. The largest absolute Gasteiger partial charge is 0.316 e. The first-order valence-corrected chi connectivity index (χ1v) is 6.59. The van der Waals surface area contributed by atoms with Crippen molar-refractivity contribution in [1.82, 2.24) is 5.32 Å². The minimum Gasteiger partial charge on any atom is -0.316 e. The van der Waals surface area contributed by atoms with Crippen LogP contribution in [0.15, 0.2) is 17.7 Å². The van der Waals surface area contributed by atoms with Crippen LogP contribution in [0.25, 0.3) is 6.08 Å². The zero-order valence-electron chi connectivity index (χ0n) is 10.2. The van der Waals surface area contributed by atoms with Crippen LogP contribution in [-0.4, -0.2) is 13.6 Å². The Labute approximate surface area is 118 Å². The summed E-state index contributed by atoms with van der Waals surface area (Å²) in [7, 11) is 1.91. The van der Waals surface area contributed by atoms with Gasteiger partial charge in [0.05, 0.1) is 10.0 Å². The molecule has 0 aromatic heterocycles. The van der Waals surface area contributed by atoms with Gasteiger partial charge in [-0.2, -0.15) is 0 Å². The summed E-state index contributed by atoms with van der Waals surface area (Å²) in [5.41, 5.74) is 2.03. The van der Waals surface area contributed by atoms with Gasteiger partial charge < -0.3 is 5.32 Å². The lowest BCUT2D eigenvalue weighted by atomic mass is 10.00. The van der Waals surface area contributed by atoms with Gasteiger partial charge >= 0.3 is 0 Å². The second-order valence-electron chi connectivity index (χ2n) is 4.16. The Morgan fingerprint density at radius 2 is 1.82 bits per heavy atom. The van der Waals surface area contributed by atoms with Crippen LogP contribution in [0.1, 0.15) is 19.4 Å². The molecule has 1 N–H and O–H groups in total. The van der Waals surface area contributed by atoms with Gasteiger partial charge in [-0.1, -0.05) is 60.3 Å². The molecule has 0 heterocycles. The van der Waals surface area contributed by atoms with Crippen molar-refractivity contribution in [2.24, 2.45) is 5.92 Å². The van der Waals surface area contributed by atoms with Gasteiger partial charge in [-0.15, -0.1) is 0 Å². The van der Waals surface area contributed by atoms with Gasteiger partial charge in [0.25, 0.3) is 0 Å². The minimum absolute atomic E-state index is 0.425. The van der Waals surface area contributed by atoms with E-state index in [2.05, 4.69) is 19.2 Å². The van der Waals surface area contributed by atoms with E-state index in [0.29, 0.717) is 21.0 Å². The molecule has 0 unspecified atom stereocenters. The third kappa shape index (κ3) is 3.89. The molecule has 1 aromatic carbocycles. The van der Waals surface area contributed by atoms with Crippen molar-refractivity contribution in [2.75, 3.05) is 13.6 Å². The van der Waals surface area contributed by atoms with Crippen LogP contribution in [0, 0.1) is 5.92 Å². The first-order chi connectivity index (χ1) is 7.97. The molecule has 0 aliphatic rings. The number of halogens is 3. The molecule has 0 amide bonds. The lowest BCUT2D eigenvalue weighted by Crippen LogP contribution is -2.13. The number of likely N-dealkylation sites (N-methyl/N-ethyl adjacent to an activating group) is 1. The van der Waals surface area contributed by atoms with Crippen LogP contribution in [-0.2, 0) is 0 Å². The van der Waals surface area contributed by atoms with E-state index >= 15 is 0 Å². The second-order valence-corrected chi connectivity index (χ2v) is 5.35. The fourth-order valence-electron chi connectivity index (χ4n) is 1.49. The lowest BCUT2D eigenvalue weighted by molar-refractivity contribution is 0.713. The molecule has 4 heteroatoms. The van der Waals surface area contributed by atoms with Crippen LogP contribution in [0.4, 0.5) is 0 Å². The SMILES string of the molecule is CNC/C(=C/c1c(Cl)ccc(Cl)c1Cl)C(C)C. The minimum atomic E-state index is 0.425. The van der Waals surface area contributed by atoms with E-state index in [1.165, 1.54) is 5.57 Å². The number of rotatable bonds is 4. The molecular formula is C13H16Cl3N. The smallest absolute Gasteiger partial charge is 0.0679 e. The first kappa shape index (κ1) is 14.8. The second kappa shape index (κ2) is 6.65. The third-order valence-corrected chi connectivity index (χ3v) is 3.68. The van der Waals surface area contributed by atoms with E-state index in [9.17, 15) is 0 Å². The molecule has 0 aliphatic carbocycles. The van der Waals surface area contributed by atoms with Crippen molar-refractivity contribution in [3.63, 3.8) is 0 Å². The molecule has 0 saturated carbocycles. The Morgan fingerprint density at radius 3 is 2.35 bits per heavy atom. The van der Waals surface area contributed by atoms with Gasteiger partial charge in [-0.3, -0.25) is 0 Å². The molecule has 1 nitrogen and oxygen atoms in total. The third-order valence-electron chi connectivity index (χ3n) is 2.53. The maximum atomic E-state index is 6.17. The Bertz CT molecular complexity index is 425. The van der Waals surface area contributed by atoms with Crippen molar-refractivity contribution in [3.8, 4) is 0 Å². The first-order valence-electron chi connectivity index (χ1n) is 5.46. The molecular weight excluding hydrogens is 277 g/mol. The molecule has 1 rings (SSSR count). The molecule has 1 aromatic rings. The number of benzene rings is 1. The number of hydrogen-bond acceptors (Lipinski definition) is 1. The van der Waals surface area contributed by atoms with E-state index in [1.807, 2.05) is 13.1 Å². The van der Waals surface area contributed by atoms with Crippen LogP contribution < -0.4 is 5.32 Å². The zero-order valence-corrected chi connectivity index (χ0v) is 12.4. The standard InChI is InChI=1S/C13H16Cl3N/c1-8(2)9(7-17-3)6-10-11(14)4-5-12(15)13(10)16/h4-6,8,17H,7H2,1-3H3/b9-6-. The highest BCUT2D eigenvalue weighted by atomic mass is 35.5. The van der Waals surface area contributed by atoms with E-state index < -0.39 is 0 Å². The highest BCUT2D eigenvalue weighted by molar-refractivity contribution is 6.44. The Hall–Kier alpha value is -0.210. The molecule has 0 bridgehead atoms. The Morgan fingerprint density at radius 1 is 1.24 bits per heavy atom. The van der Waals surface area contributed by atoms with E-state index in [-0.39, 0.29) is 0 Å². The highest BCUT2D eigenvalue weighted by Crippen LogP contribution is 2.33. The quantitative estimate of drug-likeness (QED) is 0.778. The summed E-state index contributed by atoms with van der Waals surface area (Å²) in [5, 5.41) is 4.79. The summed E-state index contributed by atoms with van der Waals surface area (Å²) in [6.07, 6.45) is 2.01. The topological polar surface area (TPSA) is 12.0 Å². The molecule has 0 spiro atoms. The van der Waals surface area contributed by atoms with Gasteiger partial charge in [0.15, 0.2) is 0 Å². The van der Waals surface area contributed by atoms with E-state index in [4.69, 9.17) is 34.8 Å². The maximum absolute atomic E-state index is 6.17. The molecule has 0 radical (unpaired) electrons. The van der Waals surface area contributed by atoms with Crippen molar-refractivity contribution >= 4 is 40.9 Å². The normalized spacial score (nSPS) is 12.3. The molecule has 0 fully saturated rings. The van der Waals surface area contributed by atoms with Crippen LogP contribution in [0.3, 0.4) is 0 Å². The number of nitrogens with one attached hydrogen (secondary N) is 1. The fraction of sp³-hybridized carbons (Fsp3) is 0.385. The molecule has 0 atom stereocenters. The summed E-state index contributed by atoms with van der Waals surface area (Å²) in [6, 6.07) is 3.47. The van der Waals surface area contributed by atoms with Crippen LogP contribution in [0.2, 0.25) is 15.1 Å². The van der Waals surface area contributed by atoms with Crippen molar-refractivity contribution in [2.45, 2.75) is 13.8 Å². The van der Waals surface area contributed by atoms with Gasteiger partial charge in [-0.25, -0.2) is 0 Å². The predicted octanol–water partition coefficient (Wildman–Crippen LogP) is 4.91. The number of hydrogen-bond donors (Lipinski definition) is 1. The van der Waals surface area contributed by atoms with E-state index in [1.54, 1.807) is 12.1 Å². The van der Waals surface area contributed by atoms with Crippen molar-refractivity contribution in [3.05, 3.63) is 38.3 Å². The van der Waals surface area contributed by atoms with E-state index in [0.717, 1.165) is 12.1 Å². The summed E-state index contributed by atoms with van der Waals surface area (Å²) >= 11 is 18.3. The monoisotopic (exact) mass is 291 g/mol. The molecule has 17 heavy (non-hydrogen) atoms. The molecule has 0 aliphatic heterocycles. The van der Waals surface area contributed by atoms with Crippen LogP contribution >= 0.6 is 34.8 Å². The molecule has 94 valence electrons. The summed E-state index contributed by atoms with van der Waals surface area (Å²) in [5.74, 6) is 0.425. The Balaban J connectivity index is 3.23. The van der Waals surface area contributed by atoms with Gasteiger partial charge in [-0.05, 0) is 25.1 Å². The van der Waals surface area contributed by atoms with Gasteiger partial charge in [0.2, 0.25) is 0 Å². The van der Waals surface area contributed by atoms with Crippen molar-refractivity contribution < 1.29 is 0 Å². The zero-order chi connectivity index (χ0) is 13.0. The van der Waals surface area contributed by atoms with Gasteiger partial charge in [0, 0.05) is 17.1 Å². The van der Waals surface area contributed by atoms with Crippen LogP contribution in [0.5, 0.6) is 0 Å².